The monoisotopic (exact) mass is 301 g/mol. The molecule has 1 atom stereocenters. The summed E-state index contributed by atoms with van der Waals surface area (Å²) in [5.74, 6) is -0.413. The zero-order valence-corrected chi connectivity index (χ0v) is 12.0. The zero-order valence-electron chi connectivity index (χ0n) is 12.0. The third-order valence-electron chi connectivity index (χ3n) is 3.92. The number of hydrogen-bond donors (Lipinski definition) is 0. The number of carbonyl (C=O) groups is 1. The van der Waals surface area contributed by atoms with Crippen LogP contribution >= 0.6 is 0 Å². The molecule has 0 N–H and O–H groups in total. The number of carbonyl (C=O) groups excluding carboxylic acids is 1. The summed E-state index contributed by atoms with van der Waals surface area (Å²) in [4.78, 5) is 29.5. The molecule has 1 aromatic carbocycles. The molecule has 0 radical (unpaired) electrons. The van der Waals surface area contributed by atoms with Gasteiger partial charge in [-0.2, -0.15) is 0 Å². The van der Waals surface area contributed by atoms with E-state index in [1.165, 1.54) is 22.9 Å². The van der Waals surface area contributed by atoms with Crippen molar-refractivity contribution in [2.75, 3.05) is 6.54 Å². The minimum absolute atomic E-state index is 0.0234. The number of rotatable bonds is 3. The predicted octanol–water partition coefficient (Wildman–Crippen LogP) is 1.75. The maximum Gasteiger partial charge on any atom is 0.347 e. The summed E-state index contributed by atoms with van der Waals surface area (Å²) in [6, 6.07) is 7.80. The molecule has 0 bridgehead atoms. The van der Waals surface area contributed by atoms with Gasteiger partial charge in [0, 0.05) is 18.9 Å². The summed E-state index contributed by atoms with van der Waals surface area (Å²) in [7, 11) is 0. The molecule has 2 aromatic rings. The van der Waals surface area contributed by atoms with Crippen LogP contribution in [0.3, 0.4) is 0 Å². The fourth-order valence-electron chi connectivity index (χ4n) is 2.84. The number of amides is 1. The van der Waals surface area contributed by atoms with Crippen LogP contribution in [0.2, 0.25) is 0 Å². The van der Waals surface area contributed by atoms with Gasteiger partial charge in [0.25, 0.3) is 0 Å². The first kappa shape index (κ1) is 14.4. The second-order valence-electron chi connectivity index (χ2n) is 5.33. The van der Waals surface area contributed by atoms with Crippen LogP contribution in [0, 0.1) is 5.82 Å². The molecule has 0 saturated carbocycles. The lowest BCUT2D eigenvalue weighted by atomic mass is 10.0. The van der Waals surface area contributed by atoms with Crippen LogP contribution in [0.4, 0.5) is 4.39 Å². The molecule has 1 aromatic heterocycles. The molecule has 0 aliphatic carbocycles. The molecule has 1 fully saturated rings. The summed E-state index contributed by atoms with van der Waals surface area (Å²) < 4.78 is 14.3. The van der Waals surface area contributed by atoms with Crippen molar-refractivity contribution in [2.24, 2.45) is 0 Å². The molecule has 0 spiro atoms. The average molecular weight is 301 g/mol. The Bertz CT molecular complexity index is 727. The minimum Gasteiger partial charge on any atom is -0.334 e. The summed E-state index contributed by atoms with van der Waals surface area (Å²) in [5.41, 5.74) is 0.485. The van der Waals surface area contributed by atoms with Crippen molar-refractivity contribution >= 4 is 5.91 Å². The highest BCUT2D eigenvalue weighted by atomic mass is 19.1. The third kappa shape index (κ3) is 2.90. The number of hydrogen-bond acceptors (Lipinski definition) is 3. The second kappa shape index (κ2) is 6.09. The maximum atomic E-state index is 13.0. The smallest absolute Gasteiger partial charge is 0.334 e. The number of likely N-dealkylation sites (tertiary alicyclic amines) is 1. The van der Waals surface area contributed by atoms with E-state index < -0.39 is 5.69 Å². The van der Waals surface area contributed by atoms with Gasteiger partial charge in [0.2, 0.25) is 5.91 Å². The average Bonchev–Trinajstić information content (AvgIpc) is 3.00. The Morgan fingerprint density at radius 3 is 2.82 bits per heavy atom. The fraction of sp³-hybridized carbons (Fsp3) is 0.312. The Kier molecular flexibility index (Phi) is 4.00. The molecular formula is C16H16FN3O2. The Morgan fingerprint density at radius 2 is 2.09 bits per heavy atom. The molecule has 1 unspecified atom stereocenters. The Balaban J connectivity index is 1.78. The lowest BCUT2D eigenvalue weighted by Crippen LogP contribution is -2.36. The largest absolute Gasteiger partial charge is 0.347 e. The molecule has 1 saturated heterocycles. The highest BCUT2D eigenvalue weighted by Crippen LogP contribution is 2.32. The molecule has 22 heavy (non-hydrogen) atoms. The molecule has 1 aliphatic rings. The molecular weight excluding hydrogens is 285 g/mol. The summed E-state index contributed by atoms with van der Waals surface area (Å²) in [5, 5.41) is 0. The van der Waals surface area contributed by atoms with E-state index in [2.05, 4.69) is 4.98 Å². The van der Waals surface area contributed by atoms with E-state index >= 15 is 0 Å². The summed E-state index contributed by atoms with van der Waals surface area (Å²) in [6.07, 6.45) is 4.70. The van der Waals surface area contributed by atoms with Gasteiger partial charge in [-0.15, -0.1) is 0 Å². The molecule has 6 heteroatoms. The Labute approximate surface area is 127 Å². The van der Waals surface area contributed by atoms with Gasteiger partial charge in [-0.25, -0.2) is 14.2 Å². The van der Waals surface area contributed by atoms with Crippen molar-refractivity contribution in [2.45, 2.75) is 25.4 Å². The van der Waals surface area contributed by atoms with Crippen molar-refractivity contribution < 1.29 is 9.18 Å². The predicted molar refractivity (Wildman–Crippen MR) is 78.6 cm³/mol. The third-order valence-corrected chi connectivity index (χ3v) is 3.92. The van der Waals surface area contributed by atoms with Crippen LogP contribution in [0.25, 0.3) is 0 Å². The normalized spacial score (nSPS) is 17.7. The van der Waals surface area contributed by atoms with Crippen LogP contribution in [-0.4, -0.2) is 26.9 Å². The Hall–Kier alpha value is -2.50. The zero-order chi connectivity index (χ0) is 15.5. The molecule has 2 heterocycles. The van der Waals surface area contributed by atoms with Crippen molar-refractivity contribution in [1.82, 2.24) is 14.5 Å². The molecule has 5 nitrogen and oxygen atoms in total. The number of benzene rings is 1. The number of halogens is 1. The van der Waals surface area contributed by atoms with Gasteiger partial charge in [0.05, 0.1) is 6.04 Å². The van der Waals surface area contributed by atoms with Crippen molar-refractivity contribution in [3.05, 3.63) is 64.6 Å². The van der Waals surface area contributed by atoms with E-state index in [1.54, 1.807) is 29.3 Å². The van der Waals surface area contributed by atoms with Gasteiger partial charge in [-0.1, -0.05) is 12.1 Å². The van der Waals surface area contributed by atoms with Gasteiger partial charge in [0.1, 0.15) is 12.4 Å². The summed E-state index contributed by atoms with van der Waals surface area (Å²) in [6.45, 7) is 0.625. The highest BCUT2D eigenvalue weighted by Gasteiger charge is 2.29. The van der Waals surface area contributed by atoms with Crippen LogP contribution in [0.5, 0.6) is 0 Å². The van der Waals surface area contributed by atoms with Crippen molar-refractivity contribution in [3.8, 4) is 0 Å². The first-order valence-electron chi connectivity index (χ1n) is 7.21. The van der Waals surface area contributed by atoms with Crippen molar-refractivity contribution in [3.63, 3.8) is 0 Å². The molecule has 1 amide bonds. The van der Waals surface area contributed by atoms with E-state index in [-0.39, 0.29) is 24.3 Å². The van der Waals surface area contributed by atoms with Crippen LogP contribution in [0.15, 0.2) is 47.5 Å². The number of nitrogens with zero attached hydrogens (tertiary/aromatic N) is 3. The van der Waals surface area contributed by atoms with Crippen LogP contribution < -0.4 is 5.69 Å². The van der Waals surface area contributed by atoms with Gasteiger partial charge >= 0.3 is 5.69 Å². The van der Waals surface area contributed by atoms with E-state index in [4.69, 9.17) is 0 Å². The van der Waals surface area contributed by atoms with Crippen molar-refractivity contribution in [1.29, 1.82) is 0 Å². The SMILES string of the molecule is O=C(Cn1cccnc1=O)N1CCCC1c1ccc(F)cc1. The Morgan fingerprint density at radius 1 is 1.32 bits per heavy atom. The van der Waals surface area contributed by atoms with E-state index in [0.717, 1.165) is 18.4 Å². The maximum absolute atomic E-state index is 13.0. The minimum atomic E-state index is -0.437. The lowest BCUT2D eigenvalue weighted by Gasteiger charge is -2.25. The van der Waals surface area contributed by atoms with Gasteiger partial charge in [-0.3, -0.25) is 9.36 Å². The van der Waals surface area contributed by atoms with E-state index in [9.17, 15) is 14.0 Å². The molecule has 3 rings (SSSR count). The second-order valence-corrected chi connectivity index (χ2v) is 5.33. The topological polar surface area (TPSA) is 55.2 Å². The van der Waals surface area contributed by atoms with Gasteiger partial charge < -0.3 is 4.90 Å². The quantitative estimate of drug-likeness (QED) is 0.868. The van der Waals surface area contributed by atoms with Gasteiger partial charge in [-0.05, 0) is 36.6 Å². The van der Waals surface area contributed by atoms with E-state index in [0.29, 0.717) is 6.54 Å². The first-order chi connectivity index (χ1) is 10.6. The first-order valence-corrected chi connectivity index (χ1v) is 7.21. The molecule has 114 valence electrons. The highest BCUT2D eigenvalue weighted by molar-refractivity contribution is 5.76. The lowest BCUT2D eigenvalue weighted by molar-refractivity contribution is -0.132. The van der Waals surface area contributed by atoms with E-state index in [1.807, 2.05) is 0 Å². The standard InChI is InChI=1S/C16H16FN3O2/c17-13-6-4-12(5-7-13)14-3-1-10-20(14)15(21)11-19-9-2-8-18-16(19)22/h2,4-9,14H,1,3,10-11H2. The van der Waals surface area contributed by atoms with Crippen LogP contribution in [-0.2, 0) is 11.3 Å². The fourth-order valence-corrected chi connectivity index (χ4v) is 2.84. The van der Waals surface area contributed by atoms with Gasteiger partial charge in [0.15, 0.2) is 0 Å². The summed E-state index contributed by atoms with van der Waals surface area (Å²) >= 11 is 0. The number of aromatic nitrogens is 2. The van der Waals surface area contributed by atoms with Crippen LogP contribution in [0.1, 0.15) is 24.4 Å². The molecule has 1 aliphatic heterocycles.